The SMILES string of the molecule is CCCSc1nc2c(c(=O)[nH]1)[C@@H](c1ccc(N(C)C)cc1)C1=C(CCCC1=O)N2. The number of rotatable bonds is 5. The van der Waals surface area contributed by atoms with Crippen LogP contribution in [0.1, 0.15) is 49.7 Å². The quantitative estimate of drug-likeness (QED) is 0.575. The average Bonchev–Trinajstić information content (AvgIpc) is 2.71. The number of hydrogen-bond donors (Lipinski definition) is 2. The van der Waals surface area contributed by atoms with E-state index in [-0.39, 0.29) is 17.3 Å². The summed E-state index contributed by atoms with van der Waals surface area (Å²) in [4.78, 5) is 35.6. The van der Waals surface area contributed by atoms with Gasteiger partial charge in [-0.1, -0.05) is 30.8 Å². The van der Waals surface area contributed by atoms with Crippen LogP contribution in [0.25, 0.3) is 0 Å². The number of hydrogen-bond acceptors (Lipinski definition) is 6. The van der Waals surface area contributed by atoms with Crippen molar-refractivity contribution in [1.82, 2.24) is 9.97 Å². The van der Waals surface area contributed by atoms with Crippen LogP contribution in [-0.2, 0) is 4.79 Å². The number of carbonyl (C=O) groups excluding carboxylic acids is 1. The first-order valence-corrected chi connectivity index (χ1v) is 11.1. The van der Waals surface area contributed by atoms with E-state index in [1.54, 1.807) is 11.8 Å². The molecule has 1 atom stereocenters. The van der Waals surface area contributed by atoms with E-state index in [0.717, 1.165) is 47.5 Å². The van der Waals surface area contributed by atoms with Crippen molar-refractivity contribution in [1.29, 1.82) is 0 Å². The van der Waals surface area contributed by atoms with Crippen LogP contribution in [0.2, 0.25) is 0 Å². The Morgan fingerprint density at radius 3 is 2.62 bits per heavy atom. The Bertz CT molecular complexity index is 1020. The second kappa shape index (κ2) is 8.06. The number of nitrogens with one attached hydrogen (secondary N) is 2. The number of thioether (sulfide) groups is 1. The highest BCUT2D eigenvalue weighted by Gasteiger charge is 2.37. The molecule has 0 saturated heterocycles. The zero-order valence-corrected chi connectivity index (χ0v) is 17.9. The maximum atomic E-state index is 13.1. The molecule has 2 N–H and O–H groups in total. The van der Waals surface area contributed by atoms with Crippen molar-refractivity contribution >= 4 is 29.1 Å². The molecule has 0 spiro atoms. The lowest BCUT2D eigenvalue weighted by molar-refractivity contribution is -0.116. The van der Waals surface area contributed by atoms with E-state index in [1.165, 1.54) is 0 Å². The molecule has 0 unspecified atom stereocenters. The number of fused-ring (bicyclic) bond motifs is 1. The third-order valence-electron chi connectivity index (χ3n) is 5.42. The molecular weight excluding hydrogens is 384 g/mol. The van der Waals surface area contributed by atoms with Gasteiger partial charge in [-0.3, -0.25) is 9.59 Å². The zero-order chi connectivity index (χ0) is 20.5. The van der Waals surface area contributed by atoms with Crippen LogP contribution < -0.4 is 15.8 Å². The number of Topliss-reactive ketones (excluding diaryl/α,β-unsaturated/α-hetero) is 1. The van der Waals surface area contributed by atoms with E-state index < -0.39 is 0 Å². The lowest BCUT2D eigenvalue weighted by Crippen LogP contribution is -2.32. The van der Waals surface area contributed by atoms with E-state index in [2.05, 4.69) is 17.2 Å². The molecule has 0 fully saturated rings. The summed E-state index contributed by atoms with van der Waals surface area (Å²) in [6.07, 6.45) is 3.16. The smallest absolute Gasteiger partial charge is 0.257 e. The highest BCUT2D eigenvalue weighted by molar-refractivity contribution is 7.99. The fraction of sp³-hybridized carbons (Fsp3) is 0.409. The number of benzene rings is 1. The van der Waals surface area contributed by atoms with Gasteiger partial charge in [0.15, 0.2) is 10.9 Å². The molecule has 1 aliphatic carbocycles. The number of anilines is 2. The van der Waals surface area contributed by atoms with Crippen molar-refractivity contribution in [2.24, 2.45) is 0 Å². The van der Waals surface area contributed by atoms with Crippen LogP contribution in [0.5, 0.6) is 0 Å². The number of ketones is 1. The molecule has 152 valence electrons. The normalized spacial score (nSPS) is 18.2. The highest BCUT2D eigenvalue weighted by Crippen LogP contribution is 2.43. The summed E-state index contributed by atoms with van der Waals surface area (Å²) in [5.41, 5.74) is 4.03. The van der Waals surface area contributed by atoms with E-state index >= 15 is 0 Å². The second-order valence-corrected chi connectivity index (χ2v) is 8.78. The summed E-state index contributed by atoms with van der Waals surface area (Å²) in [5.74, 6) is 1.22. The summed E-state index contributed by atoms with van der Waals surface area (Å²) in [6, 6.07) is 8.08. The summed E-state index contributed by atoms with van der Waals surface area (Å²) in [5, 5.41) is 3.94. The Kier molecular flexibility index (Phi) is 5.50. The van der Waals surface area contributed by atoms with E-state index in [9.17, 15) is 9.59 Å². The molecule has 2 aliphatic rings. The zero-order valence-electron chi connectivity index (χ0n) is 17.0. The number of carbonyl (C=O) groups is 1. The van der Waals surface area contributed by atoms with Gasteiger partial charge in [0, 0.05) is 49.1 Å². The molecule has 2 aromatic rings. The minimum Gasteiger partial charge on any atom is -0.378 e. The Morgan fingerprint density at radius 2 is 1.93 bits per heavy atom. The van der Waals surface area contributed by atoms with Crippen molar-refractivity contribution < 1.29 is 4.79 Å². The van der Waals surface area contributed by atoms with Crippen molar-refractivity contribution in [3.63, 3.8) is 0 Å². The van der Waals surface area contributed by atoms with Gasteiger partial charge in [-0.2, -0.15) is 0 Å². The topological polar surface area (TPSA) is 78.1 Å². The summed E-state index contributed by atoms with van der Waals surface area (Å²) >= 11 is 1.54. The van der Waals surface area contributed by atoms with Gasteiger partial charge in [-0.25, -0.2) is 4.98 Å². The predicted molar refractivity (Wildman–Crippen MR) is 118 cm³/mol. The molecule has 29 heavy (non-hydrogen) atoms. The maximum Gasteiger partial charge on any atom is 0.257 e. The molecule has 1 aromatic carbocycles. The number of nitrogens with zero attached hydrogens (tertiary/aromatic N) is 2. The fourth-order valence-corrected chi connectivity index (χ4v) is 4.72. The van der Waals surface area contributed by atoms with Crippen LogP contribution in [0, 0.1) is 0 Å². The summed E-state index contributed by atoms with van der Waals surface area (Å²) < 4.78 is 0. The Labute approximate surface area is 174 Å². The molecule has 7 heteroatoms. The largest absolute Gasteiger partial charge is 0.378 e. The number of aromatic amines is 1. The monoisotopic (exact) mass is 410 g/mol. The van der Waals surface area contributed by atoms with Crippen molar-refractivity contribution in [3.05, 3.63) is 57.0 Å². The molecule has 0 saturated carbocycles. The predicted octanol–water partition coefficient (Wildman–Crippen LogP) is 3.90. The number of allylic oxidation sites excluding steroid dienone is 2. The standard InChI is InChI=1S/C22H26N4O2S/c1-4-12-29-22-24-20-19(21(28)25-22)17(13-8-10-14(11-9-13)26(2)3)18-15(23-20)6-5-7-16(18)27/h8-11,17H,4-7,12H2,1-3H3,(H2,23,24,25,28)/t17-/m0/s1. The molecule has 2 heterocycles. The van der Waals surface area contributed by atoms with Crippen molar-refractivity contribution in [3.8, 4) is 0 Å². The first kappa shape index (κ1) is 19.8. The van der Waals surface area contributed by atoms with E-state index in [4.69, 9.17) is 4.98 Å². The van der Waals surface area contributed by atoms with Crippen LogP contribution >= 0.6 is 11.8 Å². The van der Waals surface area contributed by atoms with Crippen LogP contribution in [0.4, 0.5) is 11.5 Å². The third kappa shape index (κ3) is 3.71. The van der Waals surface area contributed by atoms with Crippen molar-refractivity contribution in [2.45, 2.75) is 43.7 Å². The lowest BCUT2D eigenvalue weighted by atomic mass is 9.76. The minimum absolute atomic E-state index is 0.120. The van der Waals surface area contributed by atoms with Crippen molar-refractivity contribution in [2.75, 3.05) is 30.1 Å². The highest BCUT2D eigenvalue weighted by atomic mass is 32.2. The lowest BCUT2D eigenvalue weighted by Gasteiger charge is -2.33. The van der Waals surface area contributed by atoms with Gasteiger partial charge in [-0.05, 0) is 37.0 Å². The van der Waals surface area contributed by atoms with E-state index in [0.29, 0.717) is 23.0 Å². The third-order valence-corrected chi connectivity index (χ3v) is 6.50. The Morgan fingerprint density at radius 1 is 1.17 bits per heavy atom. The van der Waals surface area contributed by atoms with Gasteiger partial charge >= 0.3 is 0 Å². The summed E-state index contributed by atoms with van der Waals surface area (Å²) in [7, 11) is 3.98. The molecular formula is C22H26N4O2S. The first-order valence-electron chi connectivity index (χ1n) is 10.1. The second-order valence-electron chi connectivity index (χ2n) is 7.69. The molecule has 1 aromatic heterocycles. The van der Waals surface area contributed by atoms with Gasteiger partial charge in [0.05, 0.1) is 5.56 Å². The average molecular weight is 411 g/mol. The molecule has 0 bridgehead atoms. The Balaban J connectivity index is 1.86. The number of aromatic nitrogens is 2. The van der Waals surface area contributed by atoms with E-state index in [1.807, 2.05) is 43.3 Å². The van der Waals surface area contributed by atoms with Gasteiger partial charge in [0.25, 0.3) is 5.56 Å². The number of H-pyrrole nitrogens is 1. The maximum absolute atomic E-state index is 13.1. The molecule has 0 radical (unpaired) electrons. The fourth-order valence-electron chi connectivity index (χ4n) is 4.01. The van der Waals surface area contributed by atoms with Gasteiger partial charge < -0.3 is 15.2 Å². The Hall–Kier alpha value is -2.54. The van der Waals surface area contributed by atoms with Crippen LogP contribution in [0.3, 0.4) is 0 Å². The van der Waals surface area contributed by atoms with Gasteiger partial charge in [0.1, 0.15) is 5.82 Å². The van der Waals surface area contributed by atoms with Crippen LogP contribution in [0.15, 0.2) is 45.5 Å². The molecule has 1 aliphatic heterocycles. The molecule has 0 amide bonds. The van der Waals surface area contributed by atoms with Gasteiger partial charge in [0.2, 0.25) is 0 Å². The minimum atomic E-state index is -0.383. The first-order chi connectivity index (χ1) is 14.0. The molecule has 6 nitrogen and oxygen atoms in total. The van der Waals surface area contributed by atoms with Crippen LogP contribution in [-0.4, -0.2) is 35.6 Å². The summed E-state index contributed by atoms with van der Waals surface area (Å²) in [6.45, 7) is 2.10. The molecule has 4 rings (SSSR count). The van der Waals surface area contributed by atoms with Gasteiger partial charge in [-0.15, -0.1) is 0 Å².